The smallest absolute Gasteiger partial charge is 0.271 e. The van der Waals surface area contributed by atoms with Crippen molar-refractivity contribution in [1.29, 1.82) is 0 Å². The van der Waals surface area contributed by atoms with Crippen LogP contribution in [0, 0.1) is 0 Å². The van der Waals surface area contributed by atoms with Crippen molar-refractivity contribution in [3.05, 3.63) is 93.5 Å². The standard InChI is InChI=1S/C22H18Cl2N2O3/c1-28-20-10-4-7-17(21(20)29-14-15-5-2-8-18(23)11-15)13-25-26-22(27)16-6-3-9-19(24)12-16/h2-13H,14H2,1H3,(H,26,27)/b25-13-. The number of carbonyl (C=O) groups excluding carboxylic acids is 1. The number of nitrogens with one attached hydrogen (secondary N) is 1. The molecule has 148 valence electrons. The van der Waals surface area contributed by atoms with Crippen LogP contribution in [-0.4, -0.2) is 19.2 Å². The van der Waals surface area contributed by atoms with Gasteiger partial charge < -0.3 is 9.47 Å². The normalized spacial score (nSPS) is 10.7. The highest BCUT2D eigenvalue weighted by atomic mass is 35.5. The molecule has 0 unspecified atom stereocenters. The largest absolute Gasteiger partial charge is 0.493 e. The number of hydrogen-bond donors (Lipinski definition) is 1. The van der Waals surface area contributed by atoms with Crippen molar-refractivity contribution >= 4 is 35.3 Å². The first-order valence-corrected chi connectivity index (χ1v) is 9.45. The Kier molecular flexibility index (Phi) is 7.11. The number of rotatable bonds is 7. The first-order chi connectivity index (χ1) is 14.1. The Morgan fingerprint density at radius 1 is 1.03 bits per heavy atom. The molecule has 0 aliphatic heterocycles. The lowest BCUT2D eigenvalue weighted by Gasteiger charge is -2.13. The van der Waals surface area contributed by atoms with Crippen molar-refractivity contribution in [2.75, 3.05) is 7.11 Å². The summed E-state index contributed by atoms with van der Waals surface area (Å²) in [7, 11) is 1.56. The topological polar surface area (TPSA) is 59.9 Å². The second kappa shape index (κ2) is 9.96. The van der Waals surface area contributed by atoms with E-state index in [2.05, 4.69) is 10.5 Å². The highest BCUT2D eigenvalue weighted by Crippen LogP contribution is 2.31. The van der Waals surface area contributed by atoms with E-state index in [0.717, 1.165) is 5.56 Å². The lowest BCUT2D eigenvalue weighted by Crippen LogP contribution is -2.17. The van der Waals surface area contributed by atoms with Gasteiger partial charge in [0.1, 0.15) is 6.61 Å². The summed E-state index contributed by atoms with van der Waals surface area (Å²) in [6.45, 7) is 0.302. The number of hydrogen-bond acceptors (Lipinski definition) is 4. The minimum atomic E-state index is -0.368. The molecule has 29 heavy (non-hydrogen) atoms. The molecule has 0 fully saturated rings. The van der Waals surface area contributed by atoms with E-state index in [-0.39, 0.29) is 5.91 Å². The molecule has 0 atom stereocenters. The summed E-state index contributed by atoms with van der Waals surface area (Å²) >= 11 is 11.9. The zero-order valence-electron chi connectivity index (χ0n) is 15.6. The molecule has 1 amide bonds. The third-order valence-corrected chi connectivity index (χ3v) is 4.43. The molecule has 0 heterocycles. The number of hydrazone groups is 1. The molecule has 0 radical (unpaired) electrons. The monoisotopic (exact) mass is 428 g/mol. The van der Waals surface area contributed by atoms with E-state index in [1.807, 2.05) is 30.3 Å². The predicted octanol–water partition coefficient (Wildman–Crippen LogP) is 5.34. The lowest BCUT2D eigenvalue weighted by atomic mass is 10.2. The Morgan fingerprint density at radius 3 is 2.48 bits per heavy atom. The summed E-state index contributed by atoms with van der Waals surface area (Å²) in [5, 5.41) is 5.14. The van der Waals surface area contributed by atoms with E-state index in [4.69, 9.17) is 32.7 Å². The van der Waals surface area contributed by atoms with Gasteiger partial charge in [-0.1, -0.05) is 47.5 Å². The average molecular weight is 429 g/mol. The Balaban J connectivity index is 1.74. The molecule has 5 nitrogen and oxygen atoms in total. The second-order valence-corrected chi connectivity index (χ2v) is 6.88. The Bertz CT molecular complexity index is 1040. The number of ether oxygens (including phenoxy) is 2. The van der Waals surface area contributed by atoms with Crippen LogP contribution in [0.15, 0.2) is 71.8 Å². The lowest BCUT2D eigenvalue weighted by molar-refractivity contribution is 0.0955. The fourth-order valence-corrected chi connectivity index (χ4v) is 2.99. The third-order valence-electron chi connectivity index (χ3n) is 3.96. The molecule has 0 aliphatic carbocycles. The molecule has 0 saturated heterocycles. The van der Waals surface area contributed by atoms with Crippen LogP contribution < -0.4 is 14.9 Å². The molecule has 3 aromatic carbocycles. The first kappa shape index (κ1) is 20.7. The van der Waals surface area contributed by atoms with Crippen LogP contribution in [0.25, 0.3) is 0 Å². The minimum Gasteiger partial charge on any atom is -0.493 e. The minimum absolute atomic E-state index is 0.302. The molecule has 3 aromatic rings. The zero-order chi connectivity index (χ0) is 20.6. The van der Waals surface area contributed by atoms with Crippen LogP contribution in [0.2, 0.25) is 10.0 Å². The highest BCUT2D eigenvalue weighted by molar-refractivity contribution is 6.31. The van der Waals surface area contributed by atoms with Crippen LogP contribution in [0.1, 0.15) is 21.5 Å². The summed E-state index contributed by atoms with van der Waals surface area (Å²) in [6.07, 6.45) is 1.50. The summed E-state index contributed by atoms with van der Waals surface area (Å²) < 4.78 is 11.3. The maximum atomic E-state index is 12.2. The van der Waals surface area contributed by atoms with Gasteiger partial charge in [0.2, 0.25) is 0 Å². The summed E-state index contributed by atoms with van der Waals surface area (Å²) in [6, 6.07) is 19.4. The van der Waals surface area contributed by atoms with Gasteiger partial charge in [-0.05, 0) is 48.0 Å². The average Bonchev–Trinajstić information content (AvgIpc) is 2.72. The maximum absolute atomic E-state index is 12.2. The van der Waals surface area contributed by atoms with Crippen LogP contribution >= 0.6 is 23.2 Å². The summed E-state index contributed by atoms with van der Waals surface area (Å²) in [5.41, 5.74) is 4.46. The van der Waals surface area contributed by atoms with Crippen LogP contribution in [0.3, 0.4) is 0 Å². The van der Waals surface area contributed by atoms with Crippen molar-refractivity contribution < 1.29 is 14.3 Å². The van der Waals surface area contributed by atoms with E-state index in [9.17, 15) is 4.79 Å². The van der Waals surface area contributed by atoms with Gasteiger partial charge in [0, 0.05) is 21.2 Å². The van der Waals surface area contributed by atoms with Gasteiger partial charge in [-0.25, -0.2) is 5.43 Å². The number of carbonyl (C=O) groups is 1. The SMILES string of the molecule is COc1cccc(/C=N\NC(=O)c2cccc(Cl)c2)c1OCc1cccc(Cl)c1. The van der Waals surface area contributed by atoms with Gasteiger partial charge in [-0.2, -0.15) is 5.10 Å². The fourth-order valence-electron chi connectivity index (χ4n) is 2.59. The molecule has 0 aromatic heterocycles. The summed E-state index contributed by atoms with van der Waals surface area (Å²) in [5.74, 6) is 0.695. The molecule has 0 saturated carbocycles. The van der Waals surface area contributed by atoms with Crippen molar-refractivity contribution in [3.63, 3.8) is 0 Å². The quantitative estimate of drug-likeness (QED) is 0.407. The van der Waals surface area contributed by atoms with Gasteiger partial charge in [0.15, 0.2) is 11.5 Å². The molecular formula is C22H18Cl2N2O3. The van der Waals surface area contributed by atoms with Gasteiger partial charge in [0.05, 0.1) is 13.3 Å². The Morgan fingerprint density at radius 2 is 1.76 bits per heavy atom. The van der Waals surface area contributed by atoms with Gasteiger partial charge >= 0.3 is 0 Å². The van der Waals surface area contributed by atoms with Gasteiger partial charge in [-0.3, -0.25) is 4.79 Å². The highest BCUT2D eigenvalue weighted by Gasteiger charge is 2.10. The van der Waals surface area contributed by atoms with Gasteiger partial charge in [-0.15, -0.1) is 0 Å². The second-order valence-electron chi connectivity index (χ2n) is 6.01. The molecule has 0 spiro atoms. The number of nitrogens with zero attached hydrogens (tertiary/aromatic N) is 1. The first-order valence-electron chi connectivity index (χ1n) is 8.70. The maximum Gasteiger partial charge on any atom is 0.271 e. The Hall–Kier alpha value is -3.02. The van der Waals surface area contributed by atoms with Crippen molar-refractivity contribution in [1.82, 2.24) is 5.43 Å². The number of amides is 1. The van der Waals surface area contributed by atoms with Crippen LogP contribution in [0.5, 0.6) is 11.5 Å². The van der Waals surface area contributed by atoms with Crippen molar-refractivity contribution in [2.24, 2.45) is 5.10 Å². The van der Waals surface area contributed by atoms with Gasteiger partial charge in [0.25, 0.3) is 5.91 Å². The number of para-hydroxylation sites is 1. The van der Waals surface area contributed by atoms with E-state index >= 15 is 0 Å². The van der Waals surface area contributed by atoms with Crippen molar-refractivity contribution in [3.8, 4) is 11.5 Å². The van der Waals surface area contributed by atoms with E-state index in [1.54, 1.807) is 43.5 Å². The number of halogens is 2. The fraction of sp³-hybridized carbons (Fsp3) is 0.0909. The van der Waals surface area contributed by atoms with Crippen molar-refractivity contribution in [2.45, 2.75) is 6.61 Å². The molecule has 3 rings (SSSR count). The molecule has 0 aliphatic rings. The van der Waals surface area contributed by atoms with E-state index < -0.39 is 0 Å². The number of benzene rings is 3. The Labute approximate surface area is 178 Å². The summed E-state index contributed by atoms with van der Waals surface area (Å²) in [4.78, 5) is 12.2. The molecular weight excluding hydrogens is 411 g/mol. The molecule has 0 bridgehead atoms. The third kappa shape index (κ3) is 5.73. The van der Waals surface area contributed by atoms with Crippen LogP contribution in [-0.2, 0) is 6.61 Å². The molecule has 7 heteroatoms. The predicted molar refractivity (Wildman–Crippen MR) is 115 cm³/mol. The zero-order valence-corrected chi connectivity index (χ0v) is 17.1. The molecule has 1 N–H and O–H groups in total. The van der Waals surface area contributed by atoms with Crippen LogP contribution in [0.4, 0.5) is 0 Å². The number of methoxy groups -OCH3 is 1. The van der Waals surface area contributed by atoms with E-state index in [1.165, 1.54) is 6.21 Å². The van der Waals surface area contributed by atoms with E-state index in [0.29, 0.717) is 39.3 Å².